The van der Waals surface area contributed by atoms with Gasteiger partial charge in [-0.05, 0) is 56.1 Å². The third-order valence-corrected chi connectivity index (χ3v) is 9.41. The Bertz CT molecular complexity index is 1500. The fourth-order valence-electron chi connectivity index (χ4n) is 5.85. The summed E-state index contributed by atoms with van der Waals surface area (Å²) in [4.78, 5) is 78.6. The highest BCUT2D eigenvalue weighted by atomic mass is 32.2. The number of nitro groups is 1. The molecule has 4 rings (SSSR count). The summed E-state index contributed by atoms with van der Waals surface area (Å²) in [6.45, 7) is 3.00. The molecule has 2 fully saturated rings. The quantitative estimate of drug-likeness (QED) is 0.101. The van der Waals surface area contributed by atoms with Crippen molar-refractivity contribution in [2.24, 2.45) is 11.8 Å². The van der Waals surface area contributed by atoms with Gasteiger partial charge in [-0.1, -0.05) is 13.0 Å². The molecule has 0 bridgehead atoms. The Morgan fingerprint density at radius 3 is 2.47 bits per heavy atom. The Morgan fingerprint density at radius 1 is 1.16 bits per heavy atom. The molecule has 2 heterocycles. The molecule has 3 amide bonds. The summed E-state index contributed by atoms with van der Waals surface area (Å²) < 4.78 is 37.1. The minimum Gasteiger partial charge on any atom is -0.494 e. The van der Waals surface area contributed by atoms with Gasteiger partial charge in [-0.2, -0.15) is 8.42 Å². The number of Topliss-reactive ketones (excluding diaryl/α,β-unsaturated/α-hetero) is 1. The highest BCUT2D eigenvalue weighted by Crippen LogP contribution is 2.36. The van der Waals surface area contributed by atoms with Crippen molar-refractivity contribution in [3.05, 3.63) is 46.0 Å². The van der Waals surface area contributed by atoms with Crippen LogP contribution in [0.4, 0.5) is 5.69 Å². The van der Waals surface area contributed by atoms with Crippen molar-refractivity contribution in [3.8, 4) is 5.75 Å². The van der Waals surface area contributed by atoms with E-state index in [1.807, 2.05) is 6.08 Å². The van der Waals surface area contributed by atoms with Crippen LogP contribution in [0.1, 0.15) is 69.8 Å². The van der Waals surface area contributed by atoms with Gasteiger partial charge < -0.3 is 14.5 Å². The van der Waals surface area contributed by atoms with E-state index in [1.165, 1.54) is 18.2 Å². The van der Waals surface area contributed by atoms with Crippen LogP contribution in [0.2, 0.25) is 0 Å². The Labute approximate surface area is 259 Å². The zero-order chi connectivity index (χ0) is 32.9. The lowest BCUT2D eigenvalue weighted by molar-refractivity contribution is -0.385. The number of amides is 3. The van der Waals surface area contributed by atoms with Gasteiger partial charge >= 0.3 is 5.97 Å². The second kappa shape index (κ2) is 14.3. The largest absolute Gasteiger partial charge is 0.494 e. The molecule has 2 atom stereocenters. The van der Waals surface area contributed by atoms with Gasteiger partial charge in [0.1, 0.15) is 11.5 Å². The zero-order valence-electron chi connectivity index (χ0n) is 24.7. The Kier molecular flexibility index (Phi) is 10.7. The first kappa shape index (κ1) is 33.7. The number of hydrogen-bond donors (Lipinski definition) is 1. The van der Waals surface area contributed by atoms with E-state index >= 15 is 0 Å². The van der Waals surface area contributed by atoms with Crippen LogP contribution in [-0.4, -0.2) is 82.3 Å². The van der Waals surface area contributed by atoms with E-state index in [-0.39, 0.29) is 60.0 Å². The Balaban J connectivity index is 1.25. The lowest BCUT2D eigenvalue weighted by Gasteiger charge is -2.31. The van der Waals surface area contributed by atoms with Crippen molar-refractivity contribution in [2.75, 3.05) is 19.7 Å². The summed E-state index contributed by atoms with van der Waals surface area (Å²) >= 11 is 0. The first-order chi connectivity index (χ1) is 21.2. The number of hydrogen-bond acceptors (Lipinski definition) is 11. The summed E-state index contributed by atoms with van der Waals surface area (Å²) in [5.74, 6) is -3.39. The van der Waals surface area contributed by atoms with Gasteiger partial charge in [0.15, 0.2) is 5.25 Å². The van der Waals surface area contributed by atoms with Crippen LogP contribution in [0.5, 0.6) is 5.75 Å². The van der Waals surface area contributed by atoms with E-state index in [9.17, 15) is 42.5 Å². The zero-order valence-corrected chi connectivity index (χ0v) is 25.5. The van der Waals surface area contributed by atoms with Crippen molar-refractivity contribution in [1.29, 1.82) is 0 Å². The fourth-order valence-corrected chi connectivity index (χ4v) is 6.55. The predicted molar refractivity (Wildman–Crippen MR) is 155 cm³/mol. The van der Waals surface area contributed by atoms with Crippen molar-refractivity contribution >= 4 is 45.3 Å². The summed E-state index contributed by atoms with van der Waals surface area (Å²) in [5.41, 5.74) is 0.181. The number of carbonyl (C=O) groups is 5. The number of nitrogens with zero attached hydrogens (tertiary/aromatic N) is 3. The molecule has 2 unspecified atom stereocenters. The van der Waals surface area contributed by atoms with Crippen molar-refractivity contribution in [3.63, 3.8) is 0 Å². The highest BCUT2D eigenvalue weighted by molar-refractivity contribution is 7.87. The molecule has 1 aliphatic carbocycles. The van der Waals surface area contributed by atoms with Gasteiger partial charge in [-0.15, -0.1) is 5.06 Å². The molecule has 3 aliphatic rings. The SMILES string of the molecule is CC(CC(=O)C1CCC(CN2CC=CC2=O)CC1)c1cc(OCCCC(=O)ON2C(=O)CC(S(=O)(=O)O)C2=O)ccc1[N+](=O)[O-]. The number of hydroxylamine groups is 2. The van der Waals surface area contributed by atoms with Crippen molar-refractivity contribution < 1.29 is 51.4 Å². The van der Waals surface area contributed by atoms with Crippen LogP contribution < -0.4 is 4.74 Å². The number of carbonyl (C=O) groups excluding carboxylic acids is 5. The number of ketones is 1. The van der Waals surface area contributed by atoms with E-state index in [4.69, 9.17) is 9.29 Å². The average molecular weight is 650 g/mol. The van der Waals surface area contributed by atoms with Crippen LogP contribution >= 0.6 is 0 Å². The lowest BCUT2D eigenvalue weighted by Crippen LogP contribution is -2.36. The van der Waals surface area contributed by atoms with Gasteiger partial charge in [0.25, 0.3) is 27.6 Å². The number of nitro benzene ring substituents is 1. The first-order valence-electron chi connectivity index (χ1n) is 14.7. The smallest absolute Gasteiger partial charge is 0.333 e. The van der Waals surface area contributed by atoms with E-state index in [0.717, 1.165) is 12.8 Å². The van der Waals surface area contributed by atoms with E-state index in [2.05, 4.69) is 4.84 Å². The second-order valence-corrected chi connectivity index (χ2v) is 13.2. The second-order valence-electron chi connectivity index (χ2n) is 11.6. The molecule has 244 valence electrons. The Hall–Kier alpha value is -4.18. The monoisotopic (exact) mass is 649 g/mol. The maximum atomic E-state index is 13.2. The normalized spacial score (nSPS) is 22.5. The summed E-state index contributed by atoms with van der Waals surface area (Å²) in [6, 6.07) is 4.17. The maximum Gasteiger partial charge on any atom is 0.333 e. The molecule has 2 aliphatic heterocycles. The topological polar surface area (TPSA) is 208 Å². The number of ether oxygens (including phenoxy) is 1. The summed E-state index contributed by atoms with van der Waals surface area (Å²) in [5, 5.41) is 9.72. The van der Waals surface area contributed by atoms with Gasteiger partial charge in [-0.25, -0.2) is 4.79 Å². The summed E-state index contributed by atoms with van der Waals surface area (Å²) in [7, 11) is -4.84. The van der Waals surface area contributed by atoms with E-state index in [1.54, 1.807) is 17.9 Å². The van der Waals surface area contributed by atoms with Crippen LogP contribution in [0.3, 0.4) is 0 Å². The van der Waals surface area contributed by atoms with Crippen LogP contribution in [0.15, 0.2) is 30.4 Å². The molecule has 1 aromatic carbocycles. The molecule has 1 aromatic rings. The van der Waals surface area contributed by atoms with Gasteiger partial charge in [0.05, 0.1) is 24.4 Å². The fraction of sp³-hybridized carbons (Fsp3) is 0.552. The number of imide groups is 1. The highest BCUT2D eigenvalue weighted by Gasteiger charge is 2.48. The Morgan fingerprint density at radius 2 is 1.87 bits per heavy atom. The van der Waals surface area contributed by atoms with Gasteiger partial charge in [-0.3, -0.25) is 33.8 Å². The molecule has 0 aromatic heterocycles. The van der Waals surface area contributed by atoms with E-state index in [0.29, 0.717) is 37.4 Å². The standard InChI is InChI=1S/C29H35N3O12S/c1-18(14-24(33)20-8-6-19(7-9-20)17-30-12-2-4-26(30)34)22-15-21(10-11-23(22)32(38)39)43-13-3-5-28(36)44-31-27(35)16-25(29(31)37)45(40,41)42/h2,4,10-11,15,18-20,25H,3,5-9,12-14,16-17H2,1H3,(H,40,41,42). The molecule has 16 heteroatoms. The third-order valence-electron chi connectivity index (χ3n) is 8.32. The first-order valence-corrected chi connectivity index (χ1v) is 16.2. The van der Waals surface area contributed by atoms with Crippen LogP contribution in [0.25, 0.3) is 0 Å². The minimum atomic E-state index is -4.84. The lowest BCUT2D eigenvalue weighted by atomic mass is 9.77. The molecule has 15 nitrogen and oxygen atoms in total. The third kappa shape index (κ3) is 8.51. The molecule has 1 N–H and O–H groups in total. The average Bonchev–Trinajstić information content (AvgIpc) is 3.52. The predicted octanol–water partition coefficient (Wildman–Crippen LogP) is 2.49. The molecule has 0 radical (unpaired) electrons. The molecule has 1 saturated carbocycles. The molecule has 0 spiro atoms. The van der Waals surface area contributed by atoms with Gasteiger partial charge in [0.2, 0.25) is 5.91 Å². The van der Waals surface area contributed by atoms with Gasteiger partial charge in [0, 0.05) is 43.1 Å². The molecule has 1 saturated heterocycles. The summed E-state index contributed by atoms with van der Waals surface area (Å²) in [6.07, 6.45) is 5.52. The van der Waals surface area contributed by atoms with Crippen molar-refractivity contribution in [1.82, 2.24) is 9.96 Å². The molecular weight excluding hydrogens is 614 g/mol. The number of rotatable bonds is 14. The molecular formula is C29H35N3O12S. The van der Waals surface area contributed by atoms with E-state index < -0.39 is 50.4 Å². The maximum absolute atomic E-state index is 13.2. The van der Waals surface area contributed by atoms with Crippen LogP contribution in [-0.2, 0) is 38.9 Å². The van der Waals surface area contributed by atoms with Crippen molar-refractivity contribution in [2.45, 2.75) is 69.5 Å². The van der Waals surface area contributed by atoms with Crippen LogP contribution in [0, 0.1) is 22.0 Å². The minimum absolute atomic E-state index is 0.0176. The number of benzene rings is 1. The molecule has 45 heavy (non-hydrogen) atoms.